The molecule has 1 fully saturated rings. The molecular weight excluding hydrogens is 316 g/mol. The Bertz CT molecular complexity index is 642. The third-order valence-electron chi connectivity index (χ3n) is 3.68. The van der Waals surface area contributed by atoms with Gasteiger partial charge in [-0.3, -0.25) is 4.79 Å². The van der Waals surface area contributed by atoms with Gasteiger partial charge in [-0.25, -0.2) is 8.42 Å². The highest BCUT2D eigenvalue weighted by molar-refractivity contribution is 7.89. The number of carbonyl (C=O) groups is 1. The number of benzene rings is 1. The van der Waals surface area contributed by atoms with E-state index in [1.807, 2.05) is 6.92 Å². The highest BCUT2D eigenvalue weighted by Gasteiger charge is 2.42. The van der Waals surface area contributed by atoms with Gasteiger partial charge in [0.2, 0.25) is 10.0 Å². The SMILES string of the molecule is COC(=O)C1CN(S(=O)(=O)c2c(N)cccc2Cl)CC1C. The van der Waals surface area contributed by atoms with Gasteiger partial charge in [-0.1, -0.05) is 24.6 Å². The maximum Gasteiger partial charge on any atom is 0.310 e. The van der Waals surface area contributed by atoms with Gasteiger partial charge in [0.15, 0.2) is 0 Å². The Labute approximate surface area is 128 Å². The number of rotatable bonds is 3. The van der Waals surface area contributed by atoms with Gasteiger partial charge in [0.05, 0.1) is 23.7 Å². The lowest BCUT2D eigenvalue weighted by Crippen LogP contribution is -2.31. The molecule has 2 unspecified atom stereocenters. The van der Waals surface area contributed by atoms with E-state index in [2.05, 4.69) is 0 Å². The molecule has 2 rings (SSSR count). The number of sulfonamides is 1. The van der Waals surface area contributed by atoms with E-state index in [9.17, 15) is 13.2 Å². The number of nitrogens with two attached hydrogens (primary N) is 1. The minimum absolute atomic E-state index is 0.0703. The van der Waals surface area contributed by atoms with Crippen LogP contribution in [0.25, 0.3) is 0 Å². The van der Waals surface area contributed by atoms with Crippen molar-refractivity contribution in [3.05, 3.63) is 23.2 Å². The number of ether oxygens (including phenoxy) is 1. The Morgan fingerprint density at radius 2 is 2.10 bits per heavy atom. The fourth-order valence-electron chi connectivity index (χ4n) is 2.50. The summed E-state index contributed by atoms with van der Waals surface area (Å²) >= 11 is 5.98. The second-order valence-corrected chi connectivity index (χ2v) is 7.37. The van der Waals surface area contributed by atoms with Crippen LogP contribution in [0.3, 0.4) is 0 Å². The fourth-order valence-corrected chi connectivity index (χ4v) is 4.70. The summed E-state index contributed by atoms with van der Waals surface area (Å²) in [5, 5.41) is 0.0733. The molecule has 2 N–H and O–H groups in total. The van der Waals surface area contributed by atoms with Crippen LogP contribution in [0.4, 0.5) is 5.69 Å². The molecule has 6 nitrogen and oxygen atoms in total. The van der Waals surface area contributed by atoms with Crippen LogP contribution in [0.5, 0.6) is 0 Å². The third-order valence-corrected chi connectivity index (χ3v) is 6.05. The summed E-state index contributed by atoms with van der Waals surface area (Å²) in [5.74, 6) is -1.02. The zero-order valence-electron chi connectivity index (χ0n) is 11.7. The summed E-state index contributed by atoms with van der Waals surface area (Å²) in [6.07, 6.45) is 0. The monoisotopic (exact) mass is 332 g/mol. The Morgan fingerprint density at radius 3 is 2.67 bits per heavy atom. The number of anilines is 1. The van der Waals surface area contributed by atoms with Crippen LogP contribution in [0.1, 0.15) is 6.92 Å². The molecule has 0 aliphatic carbocycles. The highest BCUT2D eigenvalue weighted by Crippen LogP contribution is 2.34. The normalized spacial score (nSPS) is 23.2. The molecule has 1 saturated heterocycles. The van der Waals surface area contributed by atoms with Crippen molar-refractivity contribution in [2.24, 2.45) is 11.8 Å². The molecular formula is C13H17ClN2O4S. The fraction of sp³-hybridized carbons (Fsp3) is 0.462. The van der Waals surface area contributed by atoms with Gasteiger partial charge >= 0.3 is 5.97 Å². The molecule has 1 heterocycles. The van der Waals surface area contributed by atoms with Crippen molar-refractivity contribution in [3.63, 3.8) is 0 Å². The van der Waals surface area contributed by atoms with Crippen LogP contribution in [0.15, 0.2) is 23.1 Å². The van der Waals surface area contributed by atoms with Crippen LogP contribution in [0, 0.1) is 11.8 Å². The van der Waals surface area contributed by atoms with Crippen molar-refractivity contribution in [2.75, 3.05) is 25.9 Å². The van der Waals surface area contributed by atoms with E-state index in [-0.39, 0.29) is 34.6 Å². The van der Waals surface area contributed by atoms with Crippen molar-refractivity contribution >= 4 is 33.3 Å². The summed E-state index contributed by atoms with van der Waals surface area (Å²) in [6, 6.07) is 4.54. The van der Waals surface area contributed by atoms with Crippen molar-refractivity contribution in [1.29, 1.82) is 0 Å². The first-order valence-electron chi connectivity index (χ1n) is 6.41. The van der Waals surface area contributed by atoms with Crippen LogP contribution < -0.4 is 5.73 Å². The van der Waals surface area contributed by atoms with Crippen molar-refractivity contribution in [3.8, 4) is 0 Å². The predicted octanol–water partition coefficient (Wildman–Crippen LogP) is 1.35. The van der Waals surface area contributed by atoms with Gasteiger partial charge in [0.1, 0.15) is 4.90 Å². The molecule has 0 radical (unpaired) electrons. The van der Waals surface area contributed by atoms with Crippen LogP contribution >= 0.6 is 11.6 Å². The number of nitrogens with zero attached hydrogens (tertiary/aromatic N) is 1. The molecule has 8 heteroatoms. The topological polar surface area (TPSA) is 89.7 Å². The number of nitrogen functional groups attached to an aromatic ring is 1. The first kappa shape index (κ1) is 16.1. The lowest BCUT2D eigenvalue weighted by atomic mass is 9.99. The summed E-state index contributed by atoms with van der Waals surface area (Å²) in [7, 11) is -2.55. The van der Waals surface area contributed by atoms with Gasteiger partial charge in [-0.05, 0) is 18.1 Å². The molecule has 1 aromatic carbocycles. The zero-order valence-corrected chi connectivity index (χ0v) is 13.3. The number of hydrogen-bond acceptors (Lipinski definition) is 5. The number of hydrogen-bond donors (Lipinski definition) is 1. The van der Waals surface area contributed by atoms with Crippen molar-refractivity contribution in [1.82, 2.24) is 4.31 Å². The van der Waals surface area contributed by atoms with Gasteiger partial charge < -0.3 is 10.5 Å². The van der Waals surface area contributed by atoms with E-state index < -0.39 is 21.9 Å². The molecule has 0 saturated carbocycles. The molecule has 0 aromatic heterocycles. The van der Waals surface area contributed by atoms with E-state index in [1.54, 1.807) is 6.07 Å². The largest absolute Gasteiger partial charge is 0.469 e. The van der Waals surface area contributed by atoms with E-state index in [1.165, 1.54) is 23.5 Å². The maximum atomic E-state index is 12.7. The van der Waals surface area contributed by atoms with E-state index >= 15 is 0 Å². The van der Waals surface area contributed by atoms with Gasteiger partial charge in [-0.2, -0.15) is 4.31 Å². The Kier molecular flexibility index (Phi) is 4.46. The molecule has 0 bridgehead atoms. The molecule has 1 aliphatic heterocycles. The summed E-state index contributed by atoms with van der Waals surface area (Å²) in [6.45, 7) is 2.11. The second kappa shape index (κ2) is 5.82. The Hall–Kier alpha value is -1.31. The minimum atomic E-state index is -3.84. The number of esters is 1. The zero-order chi connectivity index (χ0) is 15.8. The number of carbonyl (C=O) groups excluding carboxylic acids is 1. The first-order chi connectivity index (χ1) is 9.78. The van der Waals surface area contributed by atoms with Crippen LogP contribution in [0.2, 0.25) is 5.02 Å². The lowest BCUT2D eigenvalue weighted by Gasteiger charge is -2.18. The third kappa shape index (κ3) is 2.86. The molecule has 0 spiro atoms. The van der Waals surface area contributed by atoms with E-state index in [4.69, 9.17) is 22.1 Å². The second-order valence-electron chi connectivity index (χ2n) is 5.09. The van der Waals surface area contributed by atoms with E-state index in [0.29, 0.717) is 0 Å². The lowest BCUT2D eigenvalue weighted by molar-refractivity contribution is -0.145. The van der Waals surface area contributed by atoms with Gasteiger partial charge in [0.25, 0.3) is 0 Å². The molecule has 2 atom stereocenters. The van der Waals surface area contributed by atoms with Crippen molar-refractivity contribution < 1.29 is 17.9 Å². The smallest absolute Gasteiger partial charge is 0.310 e. The summed E-state index contributed by atoms with van der Waals surface area (Å²) in [4.78, 5) is 11.6. The quantitative estimate of drug-likeness (QED) is 0.666. The molecule has 21 heavy (non-hydrogen) atoms. The number of halogens is 1. The highest BCUT2D eigenvalue weighted by atomic mass is 35.5. The summed E-state index contributed by atoms with van der Waals surface area (Å²) in [5.41, 5.74) is 5.84. The minimum Gasteiger partial charge on any atom is -0.469 e. The average Bonchev–Trinajstić information content (AvgIpc) is 2.80. The van der Waals surface area contributed by atoms with Crippen LogP contribution in [-0.4, -0.2) is 38.9 Å². The van der Waals surface area contributed by atoms with Crippen molar-refractivity contribution in [2.45, 2.75) is 11.8 Å². The summed E-state index contributed by atoms with van der Waals surface area (Å²) < 4.78 is 31.3. The predicted molar refractivity (Wildman–Crippen MR) is 79.3 cm³/mol. The molecule has 1 aromatic rings. The Balaban J connectivity index is 2.36. The Morgan fingerprint density at radius 1 is 1.43 bits per heavy atom. The maximum absolute atomic E-state index is 12.7. The van der Waals surface area contributed by atoms with Crippen LogP contribution in [-0.2, 0) is 19.6 Å². The molecule has 0 amide bonds. The van der Waals surface area contributed by atoms with Gasteiger partial charge in [-0.15, -0.1) is 0 Å². The molecule has 116 valence electrons. The first-order valence-corrected chi connectivity index (χ1v) is 8.22. The van der Waals surface area contributed by atoms with Gasteiger partial charge in [0, 0.05) is 13.1 Å². The standard InChI is InChI=1S/C13H17ClN2O4S/c1-8-6-16(7-9(8)13(17)20-2)21(18,19)12-10(14)4-3-5-11(12)15/h3-5,8-9H,6-7,15H2,1-2H3. The average molecular weight is 333 g/mol. The molecule has 1 aliphatic rings. The van der Waals surface area contributed by atoms with E-state index in [0.717, 1.165) is 0 Å². The number of methoxy groups -OCH3 is 1.